The van der Waals surface area contributed by atoms with Crippen LogP contribution in [0.4, 0.5) is 10.2 Å². The number of aliphatic carboxylic acids is 1. The lowest BCUT2D eigenvalue weighted by Gasteiger charge is -2.47. The second-order valence-corrected chi connectivity index (χ2v) is 8.16. The Bertz CT molecular complexity index is 1100. The molecule has 0 aromatic carbocycles. The van der Waals surface area contributed by atoms with Gasteiger partial charge in [-0.2, -0.15) is 5.10 Å². The first-order valence-corrected chi connectivity index (χ1v) is 9.91. The molecule has 29 heavy (non-hydrogen) atoms. The molecule has 3 heterocycles. The second-order valence-electron chi connectivity index (χ2n) is 7.72. The number of carboxylic acid groups (broad SMARTS) is 1. The van der Waals surface area contributed by atoms with Crippen molar-refractivity contribution in [3.8, 4) is 11.5 Å². The van der Waals surface area contributed by atoms with E-state index in [0.717, 1.165) is 31.9 Å². The van der Waals surface area contributed by atoms with E-state index in [1.54, 1.807) is 6.07 Å². The van der Waals surface area contributed by atoms with Crippen LogP contribution < -0.4 is 5.32 Å². The number of fused-ring (bicyclic) bond motifs is 4. The Morgan fingerprint density at radius 1 is 1.21 bits per heavy atom. The highest BCUT2D eigenvalue weighted by Crippen LogP contribution is 2.46. The number of anilines is 1. The smallest absolute Gasteiger partial charge is 0.308 e. The van der Waals surface area contributed by atoms with E-state index in [9.17, 15) is 14.3 Å². The zero-order valence-electron chi connectivity index (χ0n) is 15.3. The van der Waals surface area contributed by atoms with E-state index in [0.29, 0.717) is 21.7 Å². The molecule has 3 aliphatic carbocycles. The summed E-state index contributed by atoms with van der Waals surface area (Å²) in [5.74, 6) is -1.52. The van der Waals surface area contributed by atoms with Crippen molar-refractivity contribution in [1.82, 2.24) is 25.1 Å². The number of carboxylic acids is 1. The number of H-pyrrole nitrogens is 1. The highest BCUT2D eigenvalue weighted by Gasteiger charge is 2.47. The normalized spacial score (nSPS) is 26.0. The van der Waals surface area contributed by atoms with E-state index in [2.05, 4.69) is 30.5 Å². The van der Waals surface area contributed by atoms with Gasteiger partial charge in [0, 0.05) is 12.2 Å². The molecule has 2 atom stereocenters. The van der Waals surface area contributed by atoms with Gasteiger partial charge in [0.1, 0.15) is 5.69 Å². The molecule has 10 heteroatoms. The van der Waals surface area contributed by atoms with Crippen LogP contribution in [0, 0.1) is 23.6 Å². The Morgan fingerprint density at radius 3 is 2.72 bits per heavy atom. The largest absolute Gasteiger partial charge is 0.481 e. The van der Waals surface area contributed by atoms with Gasteiger partial charge in [0.25, 0.3) is 0 Å². The van der Waals surface area contributed by atoms with Gasteiger partial charge in [0.2, 0.25) is 0 Å². The molecular weight excluding hydrogens is 399 g/mol. The summed E-state index contributed by atoms with van der Waals surface area (Å²) in [6.07, 6.45) is 6.27. The van der Waals surface area contributed by atoms with Gasteiger partial charge in [-0.3, -0.25) is 9.89 Å². The maximum absolute atomic E-state index is 14.5. The third-order valence-corrected chi connectivity index (χ3v) is 6.35. The first-order valence-electron chi connectivity index (χ1n) is 9.53. The van der Waals surface area contributed by atoms with Crippen molar-refractivity contribution in [3.05, 3.63) is 29.3 Å². The molecule has 2 unspecified atom stereocenters. The van der Waals surface area contributed by atoms with E-state index in [-0.39, 0.29) is 29.5 Å². The van der Waals surface area contributed by atoms with Crippen LogP contribution in [0.2, 0.25) is 5.02 Å². The number of carbonyl (C=O) groups is 1. The lowest BCUT2D eigenvalue weighted by atomic mass is 9.61. The average molecular weight is 417 g/mol. The molecule has 3 aliphatic rings. The Morgan fingerprint density at radius 2 is 1.97 bits per heavy atom. The molecule has 3 aromatic rings. The molecule has 6 rings (SSSR count). The molecule has 0 saturated heterocycles. The lowest BCUT2D eigenvalue weighted by Crippen LogP contribution is -2.51. The Labute approximate surface area is 169 Å². The molecule has 0 radical (unpaired) electrons. The number of halogens is 2. The van der Waals surface area contributed by atoms with Crippen molar-refractivity contribution in [2.45, 2.75) is 31.7 Å². The van der Waals surface area contributed by atoms with Crippen LogP contribution >= 0.6 is 11.6 Å². The molecule has 3 aromatic heterocycles. The Kier molecular flexibility index (Phi) is 4.34. The third kappa shape index (κ3) is 3.09. The van der Waals surface area contributed by atoms with Gasteiger partial charge in [-0.15, -0.1) is 0 Å². The molecule has 0 aliphatic heterocycles. The molecule has 3 N–H and O–H groups in total. The average Bonchev–Trinajstić information content (AvgIpc) is 3.13. The second kappa shape index (κ2) is 6.91. The lowest BCUT2D eigenvalue weighted by molar-refractivity contribution is -0.148. The van der Waals surface area contributed by atoms with Crippen LogP contribution in [0.5, 0.6) is 0 Å². The summed E-state index contributed by atoms with van der Waals surface area (Å²) in [5.41, 5.74) is 0.917. The van der Waals surface area contributed by atoms with E-state index in [1.165, 1.54) is 6.20 Å². The topological polar surface area (TPSA) is 117 Å². The van der Waals surface area contributed by atoms with Crippen molar-refractivity contribution in [2.75, 3.05) is 5.32 Å². The van der Waals surface area contributed by atoms with Crippen LogP contribution in [0.15, 0.2) is 18.5 Å². The van der Waals surface area contributed by atoms with Gasteiger partial charge in [0.15, 0.2) is 23.1 Å². The number of aromatic nitrogens is 5. The highest BCUT2D eigenvalue weighted by molar-refractivity contribution is 6.31. The molecule has 3 fully saturated rings. The summed E-state index contributed by atoms with van der Waals surface area (Å²) < 4.78 is 14.5. The van der Waals surface area contributed by atoms with Gasteiger partial charge in [-0.05, 0) is 43.6 Å². The van der Waals surface area contributed by atoms with E-state index in [1.807, 2.05) is 0 Å². The van der Waals surface area contributed by atoms with Gasteiger partial charge in [-0.1, -0.05) is 11.6 Å². The molecule has 3 saturated carbocycles. The third-order valence-electron chi connectivity index (χ3n) is 6.15. The van der Waals surface area contributed by atoms with Crippen LogP contribution in [0.1, 0.15) is 25.7 Å². The minimum atomic E-state index is -0.842. The minimum Gasteiger partial charge on any atom is -0.481 e. The zero-order valence-corrected chi connectivity index (χ0v) is 16.0. The van der Waals surface area contributed by atoms with Crippen LogP contribution in [-0.2, 0) is 4.79 Å². The van der Waals surface area contributed by atoms with Crippen molar-refractivity contribution >= 4 is 34.4 Å². The maximum atomic E-state index is 14.5. The first kappa shape index (κ1) is 18.2. The van der Waals surface area contributed by atoms with Gasteiger partial charge < -0.3 is 10.4 Å². The number of nitrogens with zero attached hydrogens (tertiary/aromatic N) is 4. The first-order chi connectivity index (χ1) is 14.0. The van der Waals surface area contributed by atoms with E-state index in [4.69, 9.17) is 11.6 Å². The van der Waals surface area contributed by atoms with Gasteiger partial charge >= 0.3 is 5.97 Å². The predicted molar refractivity (Wildman–Crippen MR) is 104 cm³/mol. The number of aromatic amines is 1. The number of hydrogen-bond acceptors (Lipinski definition) is 6. The summed E-state index contributed by atoms with van der Waals surface area (Å²) >= 11 is 6.03. The fourth-order valence-electron chi connectivity index (χ4n) is 4.80. The highest BCUT2D eigenvalue weighted by atomic mass is 35.5. The minimum absolute atomic E-state index is 0.00932. The molecular formula is C19H18ClFN6O2. The summed E-state index contributed by atoms with van der Waals surface area (Å²) in [6, 6.07) is 1.33. The SMILES string of the molecule is O=C(O)C1C2CCC(CC2)C1Nc1nc(-c2n[nH]c3ncc(Cl)cc23)ncc1F. The molecule has 0 spiro atoms. The van der Waals surface area contributed by atoms with Crippen LogP contribution in [-0.4, -0.2) is 42.3 Å². The standard InChI is InChI=1S/C19H18ClFN6O2/c20-10-5-11-15(26-27-16(11)22-6-10)18-23-7-12(21)17(25-18)24-14-9-3-1-8(2-4-9)13(14)19(28)29/h5-9,13-14H,1-4H2,(H,28,29)(H,22,26,27)(H,23,24,25). The van der Waals surface area contributed by atoms with Crippen molar-refractivity contribution in [1.29, 1.82) is 0 Å². The number of pyridine rings is 1. The zero-order chi connectivity index (χ0) is 20.1. The Hall–Kier alpha value is -2.81. The van der Waals surface area contributed by atoms with Crippen LogP contribution in [0.3, 0.4) is 0 Å². The summed E-state index contributed by atoms with van der Waals surface area (Å²) in [5, 5.41) is 20.8. The van der Waals surface area contributed by atoms with E-state index < -0.39 is 17.7 Å². The summed E-state index contributed by atoms with van der Waals surface area (Å²) in [6.45, 7) is 0. The molecule has 8 nitrogen and oxygen atoms in total. The van der Waals surface area contributed by atoms with Crippen molar-refractivity contribution in [3.63, 3.8) is 0 Å². The fraction of sp³-hybridized carbons (Fsp3) is 0.421. The van der Waals surface area contributed by atoms with Gasteiger partial charge in [0.05, 0.1) is 22.5 Å². The molecule has 150 valence electrons. The summed E-state index contributed by atoms with van der Waals surface area (Å²) in [4.78, 5) is 24.4. The number of hydrogen-bond donors (Lipinski definition) is 3. The molecule has 2 bridgehead atoms. The van der Waals surface area contributed by atoms with Crippen LogP contribution in [0.25, 0.3) is 22.6 Å². The quantitative estimate of drug-likeness (QED) is 0.595. The van der Waals surface area contributed by atoms with E-state index >= 15 is 0 Å². The van der Waals surface area contributed by atoms with Crippen molar-refractivity contribution < 1.29 is 14.3 Å². The van der Waals surface area contributed by atoms with Crippen molar-refractivity contribution in [2.24, 2.45) is 17.8 Å². The summed E-state index contributed by atoms with van der Waals surface area (Å²) in [7, 11) is 0. The predicted octanol–water partition coefficient (Wildman–Crippen LogP) is 3.51. The molecule has 0 amide bonds. The monoisotopic (exact) mass is 416 g/mol. The van der Waals surface area contributed by atoms with Gasteiger partial charge in [-0.25, -0.2) is 19.3 Å². The Balaban J connectivity index is 1.51. The number of rotatable bonds is 4. The maximum Gasteiger partial charge on any atom is 0.308 e. The number of nitrogens with one attached hydrogen (secondary N) is 2. The fourth-order valence-corrected chi connectivity index (χ4v) is 4.96.